The van der Waals surface area contributed by atoms with Gasteiger partial charge in [-0.1, -0.05) is 38.8 Å². The molecule has 10 heteroatoms. The summed E-state index contributed by atoms with van der Waals surface area (Å²) in [6.45, 7) is 2.94. The number of fused-ring (bicyclic) bond motifs is 2. The fraction of sp³-hybridized carbons (Fsp3) is 0.391. The van der Waals surface area contributed by atoms with Gasteiger partial charge in [-0.05, 0) is 62.6 Å². The van der Waals surface area contributed by atoms with E-state index in [0.717, 1.165) is 48.9 Å². The first-order valence-corrected chi connectivity index (χ1v) is 13.4. The molecule has 0 aliphatic carbocycles. The summed E-state index contributed by atoms with van der Waals surface area (Å²) in [6.07, 6.45) is 3.28. The standard InChI is InChI=1S/C23H26BrN3O5S/c24-16-7-8-21-18(15-16)22(28)26(33(21,30)31)12-4-3-11-25-13-9-17(10-14-25)27-19-5-1-2-6-20(19)32-23(27)29/h1-2,5-8,15,17,30-31H,3-4,9-14H2. The lowest BCUT2D eigenvalue weighted by Gasteiger charge is -2.37. The molecule has 2 aromatic carbocycles. The lowest BCUT2D eigenvalue weighted by molar-refractivity contribution is 0.0859. The molecule has 0 unspecified atom stereocenters. The molecule has 0 atom stereocenters. The summed E-state index contributed by atoms with van der Waals surface area (Å²) in [4.78, 5) is 27.7. The van der Waals surface area contributed by atoms with Crippen molar-refractivity contribution in [3.63, 3.8) is 0 Å². The zero-order valence-corrected chi connectivity index (χ0v) is 20.4. The molecule has 3 aromatic rings. The summed E-state index contributed by atoms with van der Waals surface area (Å²) in [5.41, 5.74) is 1.83. The third-order valence-electron chi connectivity index (χ3n) is 6.53. The van der Waals surface area contributed by atoms with Gasteiger partial charge in [0.2, 0.25) is 0 Å². The first-order valence-electron chi connectivity index (χ1n) is 11.1. The maximum Gasteiger partial charge on any atom is 0.420 e. The monoisotopic (exact) mass is 535 g/mol. The lowest BCUT2D eigenvalue weighted by Crippen LogP contribution is -2.37. The molecule has 2 N–H and O–H groups in total. The van der Waals surface area contributed by atoms with Crippen molar-refractivity contribution in [3.8, 4) is 0 Å². The minimum atomic E-state index is -3.26. The van der Waals surface area contributed by atoms with E-state index in [1.807, 2.05) is 24.3 Å². The van der Waals surface area contributed by atoms with Crippen LogP contribution in [0.15, 0.2) is 61.0 Å². The van der Waals surface area contributed by atoms with Crippen LogP contribution in [0.4, 0.5) is 0 Å². The summed E-state index contributed by atoms with van der Waals surface area (Å²) in [6, 6.07) is 12.6. The Kier molecular flexibility index (Phi) is 6.13. The molecule has 1 aromatic heterocycles. The predicted octanol–water partition coefficient (Wildman–Crippen LogP) is 4.95. The van der Waals surface area contributed by atoms with Crippen LogP contribution in [-0.2, 0) is 0 Å². The van der Waals surface area contributed by atoms with E-state index in [0.29, 0.717) is 29.0 Å². The van der Waals surface area contributed by atoms with Crippen LogP contribution in [0.1, 0.15) is 42.1 Å². The largest absolute Gasteiger partial charge is 0.420 e. The number of likely N-dealkylation sites (tertiary alicyclic amines) is 1. The van der Waals surface area contributed by atoms with Crippen molar-refractivity contribution in [1.82, 2.24) is 13.8 Å². The smallest absolute Gasteiger partial charge is 0.408 e. The van der Waals surface area contributed by atoms with Gasteiger partial charge in [0.15, 0.2) is 5.58 Å². The van der Waals surface area contributed by atoms with Crippen molar-refractivity contribution in [2.75, 3.05) is 26.2 Å². The number of hydrogen-bond donors (Lipinski definition) is 2. The van der Waals surface area contributed by atoms with Gasteiger partial charge in [-0.25, -0.2) is 9.10 Å². The minimum absolute atomic E-state index is 0.130. The van der Waals surface area contributed by atoms with E-state index in [9.17, 15) is 18.7 Å². The molecule has 0 spiro atoms. The minimum Gasteiger partial charge on any atom is -0.408 e. The van der Waals surface area contributed by atoms with E-state index >= 15 is 0 Å². The molecule has 5 rings (SSSR count). The highest BCUT2D eigenvalue weighted by Gasteiger charge is 2.41. The van der Waals surface area contributed by atoms with Crippen molar-refractivity contribution < 1.29 is 18.3 Å². The normalized spacial score (nSPS) is 19.8. The van der Waals surface area contributed by atoms with Gasteiger partial charge in [0, 0.05) is 30.1 Å². The number of oxazole rings is 1. The second-order valence-corrected chi connectivity index (χ2v) is 11.4. The quantitative estimate of drug-likeness (QED) is 0.433. The number of para-hydroxylation sites is 2. The van der Waals surface area contributed by atoms with Gasteiger partial charge in [-0.2, -0.15) is 0 Å². The van der Waals surface area contributed by atoms with Crippen LogP contribution in [0.25, 0.3) is 11.1 Å². The number of hydrogen-bond acceptors (Lipinski definition) is 6. The fourth-order valence-corrected chi connectivity index (χ4v) is 6.83. The van der Waals surface area contributed by atoms with Crippen LogP contribution in [0.2, 0.25) is 0 Å². The molecular weight excluding hydrogens is 510 g/mol. The molecule has 8 nitrogen and oxygen atoms in total. The van der Waals surface area contributed by atoms with Crippen molar-refractivity contribution in [2.24, 2.45) is 0 Å². The number of aromatic nitrogens is 1. The van der Waals surface area contributed by atoms with E-state index in [-0.39, 0.29) is 17.7 Å². The van der Waals surface area contributed by atoms with Crippen LogP contribution in [0.3, 0.4) is 0 Å². The molecule has 0 bridgehead atoms. The highest BCUT2D eigenvalue weighted by atomic mass is 79.9. The number of piperidine rings is 1. The third kappa shape index (κ3) is 4.15. The Balaban J connectivity index is 1.13. The summed E-state index contributed by atoms with van der Waals surface area (Å²) in [5, 5.41) is 0. The average Bonchev–Trinajstić information content (AvgIpc) is 3.22. The number of carbonyl (C=O) groups excluding carboxylic acids is 1. The highest BCUT2D eigenvalue weighted by Crippen LogP contribution is 2.58. The van der Waals surface area contributed by atoms with Crippen LogP contribution >= 0.6 is 26.7 Å². The Morgan fingerprint density at radius 2 is 1.76 bits per heavy atom. The molecule has 176 valence electrons. The molecule has 33 heavy (non-hydrogen) atoms. The van der Waals surface area contributed by atoms with Crippen molar-refractivity contribution >= 4 is 43.7 Å². The number of benzene rings is 2. The number of halogens is 1. The van der Waals surface area contributed by atoms with E-state index in [1.54, 1.807) is 22.8 Å². The number of amides is 1. The van der Waals surface area contributed by atoms with Gasteiger partial charge < -0.3 is 9.32 Å². The van der Waals surface area contributed by atoms with Gasteiger partial charge >= 0.3 is 5.76 Å². The average molecular weight is 536 g/mol. The zero-order chi connectivity index (χ0) is 23.2. The van der Waals surface area contributed by atoms with E-state index in [4.69, 9.17) is 4.42 Å². The summed E-state index contributed by atoms with van der Waals surface area (Å²) >= 11 is 3.34. The number of unbranched alkanes of at least 4 members (excludes halogenated alkanes) is 1. The third-order valence-corrected chi connectivity index (χ3v) is 8.93. The van der Waals surface area contributed by atoms with Gasteiger partial charge in [0.1, 0.15) is 0 Å². The Morgan fingerprint density at radius 3 is 2.55 bits per heavy atom. The molecule has 2 aliphatic heterocycles. The topological polar surface area (TPSA) is 99.1 Å². The first kappa shape index (κ1) is 22.7. The zero-order valence-electron chi connectivity index (χ0n) is 18.0. The first-order chi connectivity index (χ1) is 15.9. The second-order valence-electron chi connectivity index (χ2n) is 8.55. The Labute approximate surface area is 201 Å². The SMILES string of the molecule is O=C1c2cc(Br)ccc2S(O)(O)N1CCCCN1CCC(n2c(=O)oc3ccccc32)CC1. The molecule has 1 saturated heterocycles. The van der Waals surface area contributed by atoms with Crippen molar-refractivity contribution in [1.29, 1.82) is 0 Å². The number of carbonyl (C=O) groups is 1. The van der Waals surface area contributed by atoms with Crippen LogP contribution in [-0.4, -0.2) is 55.0 Å². The van der Waals surface area contributed by atoms with Crippen LogP contribution in [0.5, 0.6) is 0 Å². The second kappa shape index (κ2) is 8.92. The molecule has 0 saturated carbocycles. The Hall–Kier alpha value is -2.11. The van der Waals surface area contributed by atoms with Gasteiger partial charge in [-0.15, -0.1) is 0 Å². The molecule has 0 radical (unpaired) electrons. The number of rotatable bonds is 6. The maximum absolute atomic E-state index is 12.7. The number of nitrogens with zero attached hydrogens (tertiary/aromatic N) is 3. The van der Waals surface area contributed by atoms with E-state index in [2.05, 4.69) is 20.8 Å². The molecule has 1 fully saturated rings. The van der Waals surface area contributed by atoms with Crippen LogP contribution in [0, 0.1) is 0 Å². The van der Waals surface area contributed by atoms with Gasteiger partial charge in [-0.3, -0.25) is 18.5 Å². The molecule has 1 amide bonds. The molecule has 3 heterocycles. The Bertz CT molecular complexity index is 1250. The fourth-order valence-electron chi connectivity index (χ4n) is 4.83. The van der Waals surface area contributed by atoms with Gasteiger partial charge in [0.25, 0.3) is 5.91 Å². The van der Waals surface area contributed by atoms with Crippen LogP contribution < -0.4 is 5.76 Å². The highest BCUT2D eigenvalue weighted by molar-refractivity contribution is 9.10. The summed E-state index contributed by atoms with van der Waals surface area (Å²) in [7, 11) is -3.26. The molecular formula is C23H26BrN3O5S. The molecule has 2 aliphatic rings. The Morgan fingerprint density at radius 1 is 1.03 bits per heavy atom. The van der Waals surface area contributed by atoms with Gasteiger partial charge in [0.05, 0.1) is 16.0 Å². The van der Waals surface area contributed by atoms with Crippen molar-refractivity contribution in [2.45, 2.75) is 36.6 Å². The summed E-state index contributed by atoms with van der Waals surface area (Å²) < 4.78 is 30.4. The van der Waals surface area contributed by atoms with E-state index < -0.39 is 10.8 Å². The predicted molar refractivity (Wildman–Crippen MR) is 131 cm³/mol. The van der Waals surface area contributed by atoms with E-state index in [1.165, 1.54) is 4.31 Å². The lowest BCUT2D eigenvalue weighted by atomic mass is 10.0. The maximum atomic E-state index is 12.7. The summed E-state index contributed by atoms with van der Waals surface area (Å²) in [5.74, 6) is -0.623. The van der Waals surface area contributed by atoms with Crippen molar-refractivity contribution in [3.05, 3.63) is 63.1 Å².